The Labute approximate surface area is 156 Å². The molecule has 0 radical (unpaired) electrons. The van der Waals surface area contributed by atoms with Gasteiger partial charge in [-0.3, -0.25) is 14.5 Å². The van der Waals surface area contributed by atoms with Crippen molar-refractivity contribution in [3.63, 3.8) is 0 Å². The zero-order valence-corrected chi connectivity index (χ0v) is 15.3. The smallest absolute Gasteiger partial charge is 0.311 e. The third kappa shape index (κ3) is 3.64. The van der Waals surface area contributed by atoms with Crippen LogP contribution in [0.5, 0.6) is 0 Å². The van der Waals surface area contributed by atoms with Crippen molar-refractivity contribution in [3.8, 4) is 0 Å². The molecule has 1 heterocycles. The molecule has 0 unspecified atom stereocenters. The Morgan fingerprint density at radius 3 is 2.75 bits per heavy atom. The van der Waals surface area contributed by atoms with Gasteiger partial charge in [-0.2, -0.15) is 0 Å². The first-order valence-corrected chi connectivity index (χ1v) is 8.37. The molecule has 1 saturated heterocycles. The number of halogens is 3. The van der Waals surface area contributed by atoms with Gasteiger partial charge in [0.1, 0.15) is 0 Å². The van der Waals surface area contributed by atoms with E-state index in [0.717, 1.165) is 12.8 Å². The lowest BCUT2D eigenvalue weighted by molar-refractivity contribution is -0.149. The molecule has 0 spiro atoms. The fourth-order valence-electron chi connectivity index (χ4n) is 3.85. The van der Waals surface area contributed by atoms with Gasteiger partial charge in [-0.15, -0.1) is 12.4 Å². The van der Waals surface area contributed by atoms with Gasteiger partial charge in [-0.25, -0.2) is 0 Å². The Hall–Kier alpha value is -1.01. The number of hydrogen-bond acceptors (Lipinski definition) is 3. The molecule has 1 amide bonds. The number of likely N-dealkylation sites (tertiary alicyclic amines) is 1. The summed E-state index contributed by atoms with van der Waals surface area (Å²) in [6.07, 6.45) is 2.58. The summed E-state index contributed by atoms with van der Waals surface area (Å²) in [4.78, 5) is 25.8. The molecule has 2 aliphatic rings. The summed E-state index contributed by atoms with van der Waals surface area (Å²) in [6.45, 7) is 1.27. The number of aliphatic carboxylic acids is 1. The number of nitrogens with one attached hydrogen (secondary N) is 1. The summed E-state index contributed by atoms with van der Waals surface area (Å²) in [6, 6.07) is 4.88. The molecule has 8 heteroatoms. The van der Waals surface area contributed by atoms with Gasteiger partial charge in [-0.1, -0.05) is 29.6 Å². The van der Waals surface area contributed by atoms with Crippen molar-refractivity contribution in [1.29, 1.82) is 0 Å². The first kappa shape index (κ1) is 19.3. The number of rotatable bonds is 4. The zero-order chi connectivity index (χ0) is 16.6. The van der Waals surface area contributed by atoms with Gasteiger partial charge in [0.2, 0.25) is 5.91 Å². The van der Waals surface area contributed by atoms with E-state index in [1.165, 1.54) is 0 Å². The van der Waals surface area contributed by atoms with E-state index in [9.17, 15) is 14.7 Å². The van der Waals surface area contributed by atoms with E-state index in [1.54, 1.807) is 18.2 Å². The maximum Gasteiger partial charge on any atom is 0.311 e. The lowest BCUT2D eigenvalue weighted by Crippen LogP contribution is -2.37. The van der Waals surface area contributed by atoms with Crippen LogP contribution in [0.1, 0.15) is 19.3 Å². The van der Waals surface area contributed by atoms with Crippen LogP contribution in [0.25, 0.3) is 0 Å². The lowest BCUT2D eigenvalue weighted by Gasteiger charge is -2.23. The van der Waals surface area contributed by atoms with Gasteiger partial charge in [-0.05, 0) is 37.0 Å². The number of carboxylic acids is 1. The van der Waals surface area contributed by atoms with Crippen LogP contribution in [0.3, 0.4) is 0 Å². The maximum absolute atomic E-state index is 12.2. The van der Waals surface area contributed by atoms with Crippen molar-refractivity contribution in [1.82, 2.24) is 4.90 Å². The van der Waals surface area contributed by atoms with E-state index in [1.807, 2.05) is 4.90 Å². The first-order valence-electron chi connectivity index (χ1n) is 7.61. The van der Waals surface area contributed by atoms with Crippen molar-refractivity contribution in [2.24, 2.45) is 11.3 Å². The second kappa shape index (κ2) is 7.48. The molecule has 5 nitrogen and oxygen atoms in total. The van der Waals surface area contributed by atoms with Gasteiger partial charge in [0.15, 0.2) is 0 Å². The van der Waals surface area contributed by atoms with Crippen LogP contribution in [0, 0.1) is 11.3 Å². The van der Waals surface area contributed by atoms with E-state index in [-0.39, 0.29) is 30.8 Å². The number of anilines is 1. The van der Waals surface area contributed by atoms with Crippen LogP contribution in [-0.2, 0) is 9.59 Å². The van der Waals surface area contributed by atoms with E-state index >= 15 is 0 Å². The third-order valence-electron chi connectivity index (χ3n) is 4.94. The van der Waals surface area contributed by atoms with E-state index < -0.39 is 11.4 Å². The molecule has 2 fully saturated rings. The summed E-state index contributed by atoms with van der Waals surface area (Å²) in [5.74, 6) is -0.787. The SMILES string of the molecule is Cl.O=C(CN1C[C@@H]2CCC[C@@]2(C(=O)O)C1)Nc1ccc(Cl)cc1Cl. The monoisotopic (exact) mass is 392 g/mol. The van der Waals surface area contributed by atoms with Gasteiger partial charge >= 0.3 is 5.97 Å². The second-order valence-corrected chi connectivity index (χ2v) is 7.24. The fourth-order valence-corrected chi connectivity index (χ4v) is 4.30. The molecule has 1 saturated carbocycles. The summed E-state index contributed by atoms with van der Waals surface area (Å²) in [5, 5.41) is 13.2. The topological polar surface area (TPSA) is 69.6 Å². The molecule has 3 rings (SSSR count). The number of fused-ring (bicyclic) bond motifs is 1. The number of hydrogen-bond donors (Lipinski definition) is 2. The molecule has 1 aromatic carbocycles. The molecule has 0 aromatic heterocycles. The van der Waals surface area contributed by atoms with E-state index in [4.69, 9.17) is 23.2 Å². The molecule has 0 bridgehead atoms. The van der Waals surface area contributed by atoms with Crippen molar-refractivity contribution in [3.05, 3.63) is 28.2 Å². The molecular formula is C16H19Cl3N2O3. The van der Waals surface area contributed by atoms with Crippen molar-refractivity contribution in [2.75, 3.05) is 25.0 Å². The standard InChI is InChI=1S/C16H18Cl2N2O3.ClH/c17-11-3-4-13(12(18)6-11)19-14(21)8-20-7-10-2-1-5-16(10,9-20)15(22)23;/h3-4,6,10H,1-2,5,7-9H2,(H,19,21)(H,22,23);1H/t10-,16+;/m0./s1. The highest BCUT2D eigenvalue weighted by molar-refractivity contribution is 6.36. The highest BCUT2D eigenvalue weighted by atomic mass is 35.5. The van der Waals surface area contributed by atoms with Crippen LogP contribution < -0.4 is 5.32 Å². The minimum Gasteiger partial charge on any atom is -0.481 e. The highest BCUT2D eigenvalue weighted by Crippen LogP contribution is 2.48. The molecule has 1 aromatic rings. The number of carbonyl (C=O) groups is 2. The highest BCUT2D eigenvalue weighted by Gasteiger charge is 2.54. The quantitative estimate of drug-likeness (QED) is 0.821. The zero-order valence-electron chi connectivity index (χ0n) is 12.9. The average molecular weight is 394 g/mol. The van der Waals surface area contributed by atoms with Crippen LogP contribution in [0.15, 0.2) is 18.2 Å². The Morgan fingerprint density at radius 2 is 2.12 bits per heavy atom. The number of carbonyl (C=O) groups excluding carboxylic acids is 1. The lowest BCUT2D eigenvalue weighted by atomic mass is 9.81. The van der Waals surface area contributed by atoms with Crippen molar-refractivity contribution >= 4 is 53.2 Å². The Bertz CT molecular complexity index is 655. The minimum absolute atomic E-state index is 0. The third-order valence-corrected chi connectivity index (χ3v) is 5.49. The normalized spacial score (nSPS) is 25.8. The molecule has 132 valence electrons. The Kier molecular flexibility index (Phi) is 6.02. The number of amides is 1. The summed E-state index contributed by atoms with van der Waals surface area (Å²) >= 11 is 11.9. The molecule has 2 atom stereocenters. The summed E-state index contributed by atoms with van der Waals surface area (Å²) in [7, 11) is 0. The van der Waals surface area contributed by atoms with Gasteiger partial charge in [0.05, 0.1) is 22.7 Å². The van der Waals surface area contributed by atoms with Crippen LogP contribution in [0.4, 0.5) is 5.69 Å². The maximum atomic E-state index is 12.2. The van der Waals surface area contributed by atoms with Gasteiger partial charge in [0.25, 0.3) is 0 Å². The van der Waals surface area contributed by atoms with Gasteiger partial charge in [0, 0.05) is 18.1 Å². The Morgan fingerprint density at radius 1 is 1.38 bits per heavy atom. The van der Waals surface area contributed by atoms with E-state index in [0.29, 0.717) is 35.2 Å². The summed E-state index contributed by atoms with van der Waals surface area (Å²) in [5.41, 5.74) is -0.161. The average Bonchev–Trinajstić information content (AvgIpc) is 2.99. The van der Waals surface area contributed by atoms with Crippen LogP contribution >= 0.6 is 35.6 Å². The van der Waals surface area contributed by atoms with E-state index in [2.05, 4.69) is 5.32 Å². The summed E-state index contributed by atoms with van der Waals surface area (Å²) < 4.78 is 0. The minimum atomic E-state index is -0.733. The number of carboxylic acid groups (broad SMARTS) is 1. The molecule has 1 aliphatic carbocycles. The van der Waals surface area contributed by atoms with Gasteiger partial charge < -0.3 is 10.4 Å². The van der Waals surface area contributed by atoms with Crippen LogP contribution in [-0.4, -0.2) is 41.5 Å². The molecule has 2 N–H and O–H groups in total. The second-order valence-electron chi connectivity index (χ2n) is 6.39. The molecule has 24 heavy (non-hydrogen) atoms. The first-order chi connectivity index (χ1) is 10.9. The van der Waals surface area contributed by atoms with Crippen molar-refractivity contribution < 1.29 is 14.7 Å². The van der Waals surface area contributed by atoms with Crippen molar-refractivity contribution in [2.45, 2.75) is 19.3 Å². The Balaban J connectivity index is 0.00000208. The molecular weight excluding hydrogens is 375 g/mol. The fraction of sp³-hybridized carbons (Fsp3) is 0.500. The number of benzene rings is 1. The largest absolute Gasteiger partial charge is 0.481 e. The number of nitrogens with zero attached hydrogens (tertiary/aromatic N) is 1. The molecule has 1 aliphatic heterocycles. The predicted molar refractivity (Wildman–Crippen MR) is 96.2 cm³/mol. The predicted octanol–water partition coefficient (Wildman–Crippen LogP) is 3.54. The van der Waals surface area contributed by atoms with Crippen LogP contribution in [0.2, 0.25) is 10.0 Å².